The Kier molecular flexibility index (Phi) is 7.39. The molecule has 2 atom stereocenters. The first-order valence-corrected chi connectivity index (χ1v) is 9.76. The van der Waals surface area contributed by atoms with E-state index in [4.69, 9.17) is 9.47 Å². The van der Waals surface area contributed by atoms with Crippen LogP contribution in [0.25, 0.3) is 0 Å². The summed E-state index contributed by atoms with van der Waals surface area (Å²) in [7, 11) is -3.59. The highest BCUT2D eigenvalue weighted by molar-refractivity contribution is 7.89. The molecule has 2 aliphatic heterocycles. The van der Waals surface area contributed by atoms with Crippen LogP contribution < -0.4 is 10.6 Å². The summed E-state index contributed by atoms with van der Waals surface area (Å²) in [5.41, 5.74) is 0.443. The van der Waals surface area contributed by atoms with Gasteiger partial charge in [0.25, 0.3) is 0 Å². The minimum absolute atomic E-state index is 0. The van der Waals surface area contributed by atoms with Crippen LogP contribution in [-0.2, 0) is 24.3 Å². The quantitative estimate of drug-likeness (QED) is 0.754. The van der Waals surface area contributed by atoms with Crippen molar-refractivity contribution < 1.29 is 22.7 Å². The van der Waals surface area contributed by atoms with Gasteiger partial charge in [-0.25, -0.2) is 8.42 Å². The zero-order chi connectivity index (χ0) is 17.9. The fraction of sp³-hybridized carbons (Fsp3) is 0.562. The van der Waals surface area contributed by atoms with Gasteiger partial charge in [0.2, 0.25) is 15.9 Å². The third-order valence-electron chi connectivity index (χ3n) is 4.31. The lowest BCUT2D eigenvalue weighted by molar-refractivity contribution is -0.123. The number of sulfonamides is 1. The fourth-order valence-electron chi connectivity index (χ4n) is 2.92. The molecule has 1 amide bonds. The first kappa shape index (κ1) is 21.1. The van der Waals surface area contributed by atoms with Gasteiger partial charge in [0.1, 0.15) is 6.04 Å². The van der Waals surface area contributed by atoms with E-state index in [1.54, 1.807) is 12.1 Å². The molecule has 26 heavy (non-hydrogen) atoms. The number of morpholine rings is 2. The van der Waals surface area contributed by atoms with Crippen molar-refractivity contribution in [3.63, 3.8) is 0 Å². The molecule has 8 nitrogen and oxygen atoms in total. The molecular weight excluding hydrogens is 382 g/mol. The Labute approximate surface area is 159 Å². The third-order valence-corrected chi connectivity index (χ3v) is 6.20. The zero-order valence-electron chi connectivity index (χ0n) is 14.5. The molecule has 10 heteroatoms. The SMILES string of the molecule is C[C@H]1OCCN[C@@H]1C(=O)Nc1cccc(S(=O)(=O)N2CCOCC2)c1.Cl. The monoisotopic (exact) mass is 405 g/mol. The van der Waals surface area contributed by atoms with Gasteiger partial charge in [-0.15, -0.1) is 12.4 Å². The number of halogens is 1. The number of hydrogen-bond acceptors (Lipinski definition) is 6. The van der Waals surface area contributed by atoms with E-state index in [0.717, 1.165) is 0 Å². The molecule has 0 aliphatic carbocycles. The van der Waals surface area contributed by atoms with Gasteiger partial charge in [0, 0.05) is 25.3 Å². The van der Waals surface area contributed by atoms with Gasteiger partial charge < -0.3 is 20.1 Å². The van der Waals surface area contributed by atoms with E-state index in [9.17, 15) is 13.2 Å². The van der Waals surface area contributed by atoms with Crippen LogP contribution in [0.4, 0.5) is 5.69 Å². The number of nitrogens with one attached hydrogen (secondary N) is 2. The molecule has 1 aromatic carbocycles. The molecule has 2 fully saturated rings. The first-order chi connectivity index (χ1) is 12.0. The summed E-state index contributed by atoms with van der Waals surface area (Å²) < 4.78 is 37.5. The smallest absolute Gasteiger partial charge is 0.244 e. The second-order valence-corrected chi connectivity index (χ2v) is 7.98. The van der Waals surface area contributed by atoms with Crippen molar-refractivity contribution in [3.8, 4) is 0 Å². The molecule has 0 bridgehead atoms. The predicted octanol–water partition coefficient (Wildman–Crippen LogP) is 0.445. The second-order valence-electron chi connectivity index (χ2n) is 6.04. The van der Waals surface area contributed by atoms with Crippen LogP contribution in [0.1, 0.15) is 6.92 Å². The summed E-state index contributed by atoms with van der Waals surface area (Å²) in [4.78, 5) is 12.6. The standard InChI is InChI=1S/C16H23N3O5S.ClH/c1-12-15(17-5-8-24-12)16(20)18-13-3-2-4-14(11-13)25(21,22)19-6-9-23-10-7-19;/h2-4,11-12,15,17H,5-10H2,1H3,(H,18,20);1H/t12-,15+;/m1./s1. The van der Waals surface area contributed by atoms with Crippen molar-refractivity contribution in [3.05, 3.63) is 24.3 Å². The van der Waals surface area contributed by atoms with Crippen molar-refractivity contribution in [2.24, 2.45) is 0 Å². The van der Waals surface area contributed by atoms with E-state index in [-0.39, 0.29) is 29.3 Å². The lowest BCUT2D eigenvalue weighted by Crippen LogP contribution is -2.53. The summed E-state index contributed by atoms with van der Waals surface area (Å²) >= 11 is 0. The third kappa shape index (κ3) is 4.73. The Hall–Kier alpha value is -1.23. The number of rotatable bonds is 4. The number of amides is 1. The summed E-state index contributed by atoms with van der Waals surface area (Å²) in [6, 6.07) is 5.84. The molecule has 0 saturated carbocycles. The lowest BCUT2D eigenvalue weighted by Gasteiger charge is -2.29. The van der Waals surface area contributed by atoms with Gasteiger partial charge in [0.15, 0.2) is 0 Å². The average Bonchev–Trinajstić information content (AvgIpc) is 2.63. The maximum absolute atomic E-state index is 12.7. The molecule has 0 radical (unpaired) electrons. The molecule has 0 unspecified atom stereocenters. The summed E-state index contributed by atoms with van der Waals surface area (Å²) in [6.45, 7) is 4.45. The van der Waals surface area contributed by atoms with Crippen LogP contribution in [0.3, 0.4) is 0 Å². The number of benzene rings is 1. The Balaban J connectivity index is 0.00000243. The van der Waals surface area contributed by atoms with Gasteiger partial charge >= 0.3 is 0 Å². The number of carbonyl (C=O) groups excluding carboxylic acids is 1. The molecule has 2 aliphatic rings. The van der Waals surface area contributed by atoms with Crippen molar-refractivity contribution >= 4 is 34.0 Å². The largest absolute Gasteiger partial charge is 0.379 e. The minimum Gasteiger partial charge on any atom is -0.379 e. The van der Waals surface area contributed by atoms with E-state index in [1.807, 2.05) is 6.92 Å². The fourth-order valence-corrected chi connectivity index (χ4v) is 4.37. The van der Waals surface area contributed by atoms with Crippen molar-refractivity contribution in [1.82, 2.24) is 9.62 Å². The Morgan fingerprint density at radius 3 is 2.69 bits per heavy atom. The summed E-state index contributed by atoms with van der Waals surface area (Å²) in [6.07, 6.45) is -0.242. The highest BCUT2D eigenvalue weighted by Crippen LogP contribution is 2.21. The van der Waals surface area contributed by atoms with Crippen LogP contribution in [-0.4, -0.2) is 70.2 Å². The number of hydrogen-bond donors (Lipinski definition) is 2. The average molecular weight is 406 g/mol. The van der Waals surface area contributed by atoms with Gasteiger partial charge in [-0.3, -0.25) is 4.79 Å². The topological polar surface area (TPSA) is 97.0 Å². The first-order valence-electron chi connectivity index (χ1n) is 8.32. The van der Waals surface area contributed by atoms with E-state index in [0.29, 0.717) is 45.1 Å². The summed E-state index contributed by atoms with van der Waals surface area (Å²) in [5, 5.41) is 5.88. The highest BCUT2D eigenvalue weighted by atomic mass is 35.5. The molecule has 146 valence electrons. The molecule has 1 aromatic rings. The lowest BCUT2D eigenvalue weighted by atomic mass is 10.1. The van der Waals surface area contributed by atoms with Crippen LogP contribution in [0, 0.1) is 0 Å². The van der Waals surface area contributed by atoms with Crippen LogP contribution in [0.5, 0.6) is 0 Å². The highest BCUT2D eigenvalue weighted by Gasteiger charge is 2.29. The molecule has 2 N–H and O–H groups in total. The van der Waals surface area contributed by atoms with E-state index in [1.165, 1.54) is 16.4 Å². The molecule has 0 aromatic heterocycles. The summed E-state index contributed by atoms with van der Waals surface area (Å²) in [5.74, 6) is -0.242. The van der Waals surface area contributed by atoms with E-state index >= 15 is 0 Å². The Bertz CT molecular complexity index is 724. The van der Waals surface area contributed by atoms with Crippen LogP contribution >= 0.6 is 12.4 Å². The minimum atomic E-state index is -3.59. The van der Waals surface area contributed by atoms with Crippen molar-refractivity contribution in [2.75, 3.05) is 44.8 Å². The van der Waals surface area contributed by atoms with Crippen LogP contribution in [0.15, 0.2) is 29.2 Å². The Morgan fingerprint density at radius 1 is 1.27 bits per heavy atom. The molecule has 3 rings (SSSR count). The second kappa shape index (κ2) is 9.12. The van der Waals surface area contributed by atoms with Gasteiger partial charge in [0.05, 0.1) is 30.8 Å². The van der Waals surface area contributed by atoms with Crippen molar-refractivity contribution in [2.45, 2.75) is 24.0 Å². The molecule has 2 heterocycles. The van der Waals surface area contributed by atoms with E-state index < -0.39 is 16.1 Å². The molecule has 0 spiro atoms. The maximum atomic E-state index is 12.7. The van der Waals surface area contributed by atoms with Gasteiger partial charge in [-0.2, -0.15) is 4.31 Å². The predicted molar refractivity (Wildman–Crippen MR) is 99.1 cm³/mol. The zero-order valence-corrected chi connectivity index (χ0v) is 16.1. The Morgan fingerprint density at radius 2 is 2.00 bits per heavy atom. The van der Waals surface area contributed by atoms with E-state index in [2.05, 4.69) is 10.6 Å². The normalized spacial score (nSPS) is 24.5. The van der Waals surface area contributed by atoms with Crippen molar-refractivity contribution in [1.29, 1.82) is 0 Å². The van der Waals surface area contributed by atoms with Gasteiger partial charge in [-0.05, 0) is 25.1 Å². The molecular formula is C16H24ClN3O5S. The van der Waals surface area contributed by atoms with Crippen LogP contribution in [0.2, 0.25) is 0 Å². The van der Waals surface area contributed by atoms with Gasteiger partial charge in [-0.1, -0.05) is 6.07 Å². The number of carbonyl (C=O) groups is 1. The number of ether oxygens (including phenoxy) is 2. The number of anilines is 1. The molecule has 2 saturated heterocycles. The number of nitrogens with zero attached hydrogens (tertiary/aromatic N) is 1. The maximum Gasteiger partial charge on any atom is 0.244 e.